The molecular formula is C11H13N3. The van der Waals surface area contributed by atoms with Crippen LogP contribution in [-0.2, 0) is 6.54 Å². The molecule has 0 radical (unpaired) electrons. The molecule has 0 fully saturated rings. The van der Waals surface area contributed by atoms with Gasteiger partial charge in [-0.25, -0.2) is 0 Å². The van der Waals surface area contributed by atoms with Crippen molar-refractivity contribution in [1.82, 2.24) is 10.2 Å². The van der Waals surface area contributed by atoms with Crippen LogP contribution < -0.4 is 5.73 Å². The van der Waals surface area contributed by atoms with Gasteiger partial charge in [-0.15, -0.1) is 0 Å². The lowest BCUT2D eigenvalue weighted by molar-refractivity contribution is 0.948. The Morgan fingerprint density at radius 3 is 2.79 bits per heavy atom. The molecule has 0 bridgehead atoms. The van der Waals surface area contributed by atoms with E-state index in [-0.39, 0.29) is 0 Å². The quantitative estimate of drug-likeness (QED) is 0.753. The highest BCUT2D eigenvalue weighted by Crippen LogP contribution is 2.24. The van der Waals surface area contributed by atoms with Gasteiger partial charge in [-0.1, -0.05) is 24.3 Å². The van der Waals surface area contributed by atoms with E-state index in [4.69, 9.17) is 5.73 Å². The van der Waals surface area contributed by atoms with Gasteiger partial charge in [0.15, 0.2) is 0 Å². The van der Waals surface area contributed by atoms with Crippen molar-refractivity contribution in [1.29, 1.82) is 0 Å². The Bertz CT molecular complexity index is 432. The summed E-state index contributed by atoms with van der Waals surface area (Å²) in [5.74, 6) is 0. The van der Waals surface area contributed by atoms with Gasteiger partial charge in [0.1, 0.15) is 0 Å². The largest absolute Gasteiger partial charge is 0.325 e. The Kier molecular flexibility index (Phi) is 2.33. The molecule has 3 heteroatoms. The maximum atomic E-state index is 5.61. The molecule has 0 amide bonds. The third-order valence-electron chi connectivity index (χ3n) is 2.36. The molecule has 1 heterocycles. The van der Waals surface area contributed by atoms with Crippen LogP contribution in [-0.4, -0.2) is 10.2 Å². The summed E-state index contributed by atoms with van der Waals surface area (Å²) < 4.78 is 0. The summed E-state index contributed by atoms with van der Waals surface area (Å²) in [6.07, 6.45) is 1.82. The summed E-state index contributed by atoms with van der Waals surface area (Å²) in [6.45, 7) is 2.58. The second kappa shape index (κ2) is 3.64. The summed E-state index contributed by atoms with van der Waals surface area (Å²) in [6, 6.07) is 8.22. The van der Waals surface area contributed by atoms with Crippen molar-refractivity contribution in [2.45, 2.75) is 13.5 Å². The molecule has 14 heavy (non-hydrogen) atoms. The van der Waals surface area contributed by atoms with Crippen molar-refractivity contribution in [3.63, 3.8) is 0 Å². The highest BCUT2D eigenvalue weighted by Gasteiger charge is 2.07. The molecular weight excluding hydrogens is 174 g/mol. The smallest absolute Gasteiger partial charge is 0.0569 e. The zero-order valence-corrected chi connectivity index (χ0v) is 8.12. The van der Waals surface area contributed by atoms with Crippen molar-refractivity contribution in [3.8, 4) is 11.1 Å². The summed E-state index contributed by atoms with van der Waals surface area (Å²) in [5.41, 5.74) is 10.1. The maximum absolute atomic E-state index is 5.61. The fourth-order valence-corrected chi connectivity index (χ4v) is 1.58. The average molecular weight is 187 g/mol. The van der Waals surface area contributed by atoms with Crippen LogP contribution in [0.4, 0.5) is 0 Å². The fraction of sp³-hybridized carbons (Fsp3) is 0.182. The van der Waals surface area contributed by atoms with Gasteiger partial charge in [0.25, 0.3) is 0 Å². The molecule has 0 aliphatic rings. The lowest BCUT2D eigenvalue weighted by Crippen LogP contribution is -1.98. The summed E-state index contributed by atoms with van der Waals surface area (Å²) in [5, 5.41) is 6.91. The summed E-state index contributed by atoms with van der Waals surface area (Å²) in [7, 11) is 0. The normalized spacial score (nSPS) is 10.4. The van der Waals surface area contributed by atoms with E-state index in [0.717, 1.165) is 11.3 Å². The molecule has 0 unspecified atom stereocenters. The van der Waals surface area contributed by atoms with Crippen LogP contribution in [0.25, 0.3) is 11.1 Å². The van der Waals surface area contributed by atoms with Crippen molar-refractivity contribution >= 4 is 0 Å². The molecule has 0 aliphatic carbocycles. The molecule has 0 saturated heterocycles. The van der Waals surface area contributed by atoms with Gasteiger partial charge in [-0.2, -0.15) is 5.10 Å². The third kappa shape index (κ3) is 1.42. The molecule has 1 aromatic heterocycles. The fourth-order valence-electron chi connectivity index (χ4n) is 1.58. The van der Waals surface area contributed by atoms with Crippen LogP contribution in [0.5, 0.6) is 0 Å². The van der Waals surface area contributed by atoms with E-state index in [0.29, 0.717) is 6.54 Å². The first-order valence-corrected chi connectivity index (χ1v) is 4.61. The first kappa shape index (κ1) is 8.97. The van der Waals surface area contributed by atoms with Gasteiger partial charge in [-0.3, -0.25) is 5.10 Å². The first-order valence-electron chi connectivity index (χ1n) is 4.61. The van der Waals surface area contributed by atoms with Crippen LogP contribution in [0.2, 0.25) is 0 Å². The first-order chi connectivity index (χ1) is 6.83. The molecule has 72 valence electrons. The Labute approximate surface area is 83.0 Å². The van der Waals surface area contributed by atoms with Crippen molar-refractivity contribution in [2.75, 3.05) is 0 Å². The predicted molar refractivity (Wildman–Crippen MR) is 56.7 cm³/mol. The van der Waals surface area contributed by atoms with Gasteiger partial charge in [0.2, 0.25) is 0 Å². The average Bonchev–Trinajstić information content (AvgIpc) is 2.66. The standard InChI is InChI=1S/C11H13N3/c1-8-4-2-3-5-9(8)10-7-13-14-11(10)6-12/h2-5,7H,6,12H2,1H3,(H,13,14). The molecule has 3 N–H and O–H groups in total. The number of nitrogens with one attached hydrogen (secondary N) is 1. The summed E-state index contributed by atoms with van der Waals surface area (Å²) in [4.78, 5) is 0. The molecule has 1 aromatic carbocycles. The number of aryl methyl sites for hydroxylation is 1. The Balaban J connectivity index is 2.54. The minimum absolute atomic E-state index is 0.490. The molecule has 0 saturated carbocycles. The number of nitrogens with zero attached hydrogens (tertiary/aromatic N) is 1. The lowest BCUT2D eigenvalue weighted by atomic mass is 10.0. The van der Waals surface area contributed by atoms with Gasteiger partial charge >= 0.3 is 0 Å². The molecule has 2 rings (SSSR count). The van der Waals surface area contributed by atoms with Crippen molar-refractivity contribution in [2.24, 2.45) is 5.73 Å². The Hall–Kier alpha value is -1.61. The van der Waals surface area contributed by atoms with Crippen molar-refractivity contribution in [3.05, 3.63) is 41.7 Å². The van der Waals surface area contributed by atoms with Crippen LogP contribution in [0.1, 0.15) is 11.3 Å². The van der Waals surface area contributed by atoms with E-state index in [9.17, 15) is 0 Å². The van der Waals surface area contributed by atoms with E-state index in [1.54, 1.807) is 0 Å². The lowest BCUT2D eigenvalue weighted by Gasteiger charge is -2.04. The SMILES string of the molecule is Cc1ccccc1-c1cn[nH]c1CN. The Morgan fingerprint density at radius 1 is 1.29 bits per heavy atom. The zero-order valence-electron chi connectivity index (χ0n) is 8.12. The minimum atomic E-state index is 0.490. The number of hydrogen-bond acceptors (Lipinski definition) is 2. The predicted octanol–water partition coefficient (Wildman–Crippen LogP) is 1.84. The summed E-state index contributed by atoms with van der Waals surface area (Å²) >= 11 is 0. The molecule has 0 atom stereocenters. The number of nitrogens with two attached hydrogens (primary N) is 1. The minimum Gasteiger partial charge on any atom is -0.325 e. The molecule has 2 aromatic rings. The Morgan fingerprint density at radius 2 is 2.07 bits per heavy atom. The number of rotatable bonds is 2. The monoisotopic (exact) mass is 187 g/mol. The van der Waals surface area contributed by atoms with E-state index in [1.807, 2.05) is 18.3 Å². The van der Waals surface area contributed by atoms with Crippen LogP contribution in [0, 0.1) is 6.92 Å². The van der Waals surface area contributed by atoms with Gasteiger partial charge in [0, 0.05) is 12.1 Å². The number of benzene rings is 1. The van der Waals surface area contributed by atoms with Crippen LogP contribution in [0.15, 0.2) is 30.5 Å². The topological polar surface area (TPSA) is 54.7 Å². The second-order valence-corrected chi connectivity index (χ2v) is 3.28. The van der Waals surface area contributed by atoms with Crippen LogP contribution in [0.3, 0.4) is 0 Å². The van der Waals surface area contributed by atoms with E-state index < -0.39 is 0 Å². The highest BCUT2D eigenvalue weighted by atomic mass is 15.1. The van der Waals surface area contributed by atoms with Crippen LogP contribution >= 0.6 is 0 Å². The number of aromatic amines is 1. The molecule has 0 aliphatic heterocycles. The molecule has 3 nitrogen and oxygen atoms in total. The molecule has 0 spiro atoms. The van der Waals surface area contributed by atoms with E-state index >= 15 is 0 Å². The number of hydrogen-bond donors (Lipinski definition) is 2. The number of aromatic nitrogens is 2. The number of H-pyrrole nitrogens is 1. The zero-order chi connectivity index (χ0) is 9.97. The van der Waals surface area contributed by atoms with Crippen molar-refractivity contribution < 1.29 is 0 Å². The van der Waals surface area contributed by atoms with Gasteiger partial charge < -0.3 is 5.73 Å². The van der Waals surface area contributed by atoms with E-state index in [1.165, 1.54) is 11.1 Å². The highest BCUT2D eigenvalue weighted by molar-refractivity contribution is 5.68. The van der Waals surface area contributed by atoms with E-state index in [2.05, 4.69) is 29.3 Å². The third-order valence-corrected chi connectivity index (χ3v) is 2.36. The second-order valence-electron chi connectivity index (χ2n) is 3.28. The van der Waals surface area contributed by atoms with Gasteiger partial charge in [-0.05, 0) is 18.1 Å². The van der Waals surface area contributed by atoms with Gasteiger partial charge in [0.05, 0.1) is 11.9 Å². The maximum Gasteiger partial charge on any atom is 0.0569 e.